The lowest BCUT2D eigenvalue weighted by molar-refractivity contribution is -0.125. The van der Waals surface area contributed by atoms with E-state index < -0.39 is 5.54 Å². The zero-order valence-electron chi connectivity index (χ0n) is 9.66. The summed E-state index contributed by atoms with van der Waals surface area (Å²) in [5, 5.41) is 2.33. The number of urea groups is 1. The molecule has 5 heteroatoms. The first-order valence-corrected chi connectivity index (χ1v) is 6.08. The third kappa shape index (κ3) is 2.07. The van der Waals surface area contributed by atoms with Gasteiger partial charge < -0.3 is 4.90 Å². The molecule has 3 amide bonds. The molecule has 0 spiro atoms. The van der Waals surface area contributed by atoms with Gasteiger partial charge in [0.25, 0.3) is 5.91 Å². The van der Waals surface area contributed by atoms with E-state index in [1.807, 2.05) is 24.3 Å². The van der Waals surface area contributed by atoms with Gasteiger partial charge in [0.1, 0.15) is 5.54 Å². The molecule has 1 heterocycles. The highest BCUT2D eigenvalue weighted by molar-refractivity contribution is 9.10. The van der Waals surface area contributed by atoms with E-state index in [9.17, 15) is 9.59 Å². The number of halogens is 1. The molecule has 1 aliphatic rings. The maximum atomic E-state index is 11.7. The molecule has 0 saturated carbocycles. The van der Waals surface area contributed by atoms with Crippen molar-refractivity contribution in [3.8, 4) is 0 Å². The van der Waals surface area contributed by atoms with Crippen LogP contribution in [0.4, 0.5) is 4.79 Å². The maximum Gasteiger partial charge on any atom is 0.325 e. The monoisotopic (exact) mass is 296 g/mol. The molecule has 0 unspecified atom stereocenters. The Morgan fingerprint density at radius 3 is 2.47 bits per heavy atom. The fourth-order valence-electron chi connectivity index (χ4n) is 1.76. The van der Waals surface area contributed by atoms with E-state index in [1.165, 1.54) is 4.90 Å². The lowest BCUT2D eigenvalue weighted by Crippen LogP contribution is -2.43. The molecule has 0 aliphatic carbocycles. The Morgan fingerprint density at radius 1 is 1.29 bits per heavy atom. The second kappa shape index (κ2) is 4.14. The van der Waals surface area contributed by atoms with Crippen molar-refractivity contribution in [2.24, 2.45) is 0 Å². The van der Waals surface area contributed by atoms with Crippen molar-refractivity contribution >= 4 is 27.9 Å². The first kappa shape index (κ1) is 12.1. The number of hydrogen-bond acceptors (Lipinski definition) is 2. The van der Waals surface area contributed by atoms with E-state index >= 15 is 0 Å². The van der Waals surface area contributed by atoms with Gasteiger partial charge in [-0.1, -0.05) is 34.1 Å². The van der Waals surface area contributed by atoms with Gasteiger partial charge in [0.2, 0.25) is 0 Å². The smallest absolute Gasteiger partial charge is 0.306 e. The zero-order chi connectivity index (χ0) is 12.6. The van der Waals surface area contributed by atoms with Gasteiger partial charge in [-0.2, -0.15) is 0 Å². The zero-order valence-corrected chi connectivity index (χ0v) is 11.2. The van der Waals surface area contributed by atoms with E-state index in [4.69, 9.17) is 0 Å². The van der Waals surface area contributed by atoms with Crippen molar-refractivity contribution < 1.29 is 9.59 Å². The Kier molecular flexibility index (Phi) is 2.95. The predicted molar refractivity (Wildman–Crippen MR) is 67.3 cm³/mol. The van der Waals surface area contributed by atoms with Crippen LogP contribution < -0.4 is 5.32 Å². The molecule has 0 bridgehead atoms. The van der Waals surface area contributed by atoms with Gasteiger partial charge in [0, 0.05) is 11.0 Å². The minimum Gasteiger partial charge on any atom is -0.306 e. The molecule has 90 valence electrons. The number of hydrogen-bond donors (Lipinski definition) is 1. The summed E-state index contributed by atoms with van der Waals surface area (Å²) in [6.07, 6.45) is 0. The molecule has 1 aromatic rings. The highest BCUT2D eigenvalue weighted by atomic mass is 79.9. The Balaban J connectivity index is 2.28. The van der Waals surface area contributed by atoms with Crippen LogP contribution in [0.1, 0.15) is 19.4 Å². The van der Waals surface area contributed by atoms with Gasteiger partial charge >= 0.3 is 6.03 Å². The molecule has 1 saturated heterocycles. The van der Waals surface area contributed by atoms with Crippen LogP contribution in [-0.2, 0) is 11.3 Å². The number of carbonyl (C=O) groups is 2. The van der Waals surface area contributed by atoms with Gasteiger partial charge in [-0.15, -0.1) is 0 Å². The van der Waals surface area contributed by atoms with E-state index in [0.29, 0.717) is 6.54 Å². The van der Waals surface area contributed by atoms with E-state index in [2.05, 4.69) is 21.2 Å². The minimum atomic E-state index is -0.799. The molecule has 1 N–H and O–H groups in total. The fraction of sp³-hybridized carbons (Fsp3) is 0.333. The first-order valence-electron chi connectivity index (χ1n) is 5.29. The molecule has 0 atom stereocenters. The summed E-state index contributed by atoms with van der Waals surface area (Å²) in [5.74, 6) is -0.255. The van der Waals surface area contributed by atoms with Gasteiger partial charge in [0.15, 0.2) is 0 Å². The standard InChI is InChI=1S/C12H13BrN2O2/c1-12(2)10(16)14-11(17)15(12)7-8-5-3-4-6-9(8)13/h3-6H,7H2,1-2H3,(H,14,16,17). The van der Waals surface area contributed by atoms with E-state index in [0.717, 1.165) is 10.0 Å². The third-order valence-electron chi connectivity index (χ3n) is 2.98. The molecule has 4 nitrogen and oxygen atoms in total. The number of nitrogens with zero attached hydrogens (tertiary/aromatic N) is 1. The van der Waals surface area contributed by atoms with Crippen LogP contribution in [0.5, 0.6) is 0 Å². The number of rotatable bonds is 2. The summed E-state index contributed by atoms with van der Waals surface area (Å²) in [6, 6.07) is 7.32. The SMILES string of the molecule is CC1(C)C(=O)NC(=O)N1Cc1ccccc1Br. The van der Waals surface area contributed by atoms with Crippen LogP contribution in [-0.4, -0.2) is 22.4 Å². The lowest BCUT2D eigenvalue weighted by Gasteiger charge is -2.28. The Morgan fingerprint density at radius 2 is 1.94 bits per heavy atom. The fourth-order valence-corrected chi connectivity index (χ4v) is 2.17. The average Bonchev–Trinajstić information content (AvgIpc) is 2.44. The van der Waals surface area contributed by atoms with Gasteiger partial charge in [-0.05, 0) is 25.5 Å². The highest BCUT2D eigenvalue weighted by Gasteiger charge is 2.45. The summed E-state index contributed by atoms with van der Waals surface area (Å²) in [5.41, 5.74) is 0.178. The van der Waals surface area contributed by atoms with Crippen molar-refractivity contribution in [1.29, 1.82) is 0 Å². The maximum absolute atomic E-state index is 11.7. The average molecular weight is 297 g/mol. The summed E-state index contributed by atoms with van der Waals surface area (Å²) in [7, 11) is 0. The van der Waals surface area contributed by atoms with Crippen LogP contribution in [0.25, 0.3) is 0 Å². The van der Waals surface area contributed by atoms with E-state index in [-0.39, 0.29) is 11.9 Å². The number of carbonyl (C=O) groups excluding carboxylic acids is 2. The summed E-state index contributed by atoms with van der Waals surface area (Å²) >= 11 is 3.43. The summed E-state index contributed by atoms with van der Waals surface area (Å²) in [4.78, 5) is 24.8. The third-order valence-corrected chi connectivity index (χ3v) is 3.76. The van der Waals surface area contributed by atoms with Gasteiger partial charge in [-0.3, -0.25) is 10.1 Å². The van der Waals surface area contributed by atoms with Crippen LogP contribution in [0.2, 0.25) is 0 Å². The van der Waals surface area contributed by atoms with Crippen LogP contribution in [0.3, 0.4) is 0 Å². The molecular weight excluding hydrogens is 284 g/mol. The van der Waals surface area contributed by atoms with Crippen molar-refractivity contribution in [1.82, 2.24) is 10.2 Å². The van der Waals surface area contributed by atoms with Crippen LogP contribution in [0.15, 0.2) is 28.7 Å². The van der Waals surface area contributed by atoms with Crippen molar-refractivity contribution in [3.63, 3.8) is 0 Å². The minimum absolute atomic E-state index is 0.255. The first-order chi connectivity index (χ1) is 7.93. The molecule has 1 aliphatic heterocycles. The van der Waals surface area contributed by atoms with E-state index in [1.54, 1.807) is 13.8 Å². The van der Waals surface area contributed by atoms with Crippen molar-refractivity contribution in [2.45, 2.75) is 25.9 Å². The quantitative estimate of drug-likeness (QED) is 0.851. The normalized spacial score (nSPS) is 18.4. The molecule has 1 fully saturated rings. The second-order valence-electron chi connectivity index (χ2n) is 4.50. The van der Waals surface area contributed by atoms with Gasteiger partial charge in [0.05, 0.1) is 0 Å². The molecule has 0 radical (unpaired) electrons. The predicted octanol–water partition coefficient (Wildman–Crippen LogP) is 2.28. The number of benzene rings is 1. The van der Waals surface area contributed by atoms with Gasteiger partial charge in [-0.25, -0.2) is 4.79 Å². The molecule has 0 aromatic heterocycles. The van der Waals surface area contributed by atoms with Crippen molar-refractivity contribution in [2.75, 3.05) is 0 Å². The van der Waals surface area contributed by atoms with Crippen LogP contribution in [0, 0.1) is 0 Å². The Hall–Kier alpha value is -1.36. The van der Waals surface area contributed by atoms with Crippen molar-refractivity contribution in [3.05, 3.63) is 34.3 Å². The summed E-state index contributed by atoms with van der Waals surface area (Å²) in [6.45, 7) is 3.89. The molecule has 2 rings (SSSR count). The summed E-state index contributed by atoms with van der Waals surface area (Å²) < 4.78 is 0.933. The Bertz CT molecular complexity index is 485. The number of nitrogens with one attached hydrogen (secondary N) is 1. The highest BCUT2D eigenvalue weighted by Crippen LogP contribution is 2.26. The lowest BCUT2D eigenvalue weighted by atomic mass is 10.0. The Labute approximate surface area is 108 Å². The second-order valence-corrected chi connectivity index (χ2v) is 5.35. The molecule has 1 aromatic carbocycles. The molecular formula is C12H13BrN2O2. The molecule has 17 heavy (non-hydrogen) atoms. The number of imide groups is 1. The van der Waals surface area contributed by atoms with Crippen LogP contribution >= 0.6 is 15.9 Å². The largest absolute Gasteiger partial charge is 0.325 e. The topological polar surface area (TPSA) is 49.4 Å². The number of amides is 3.